The summed E-state index contributed by atoms with van der Waals surface area (Å²) in [6.07, 6.45) is 0.817. The average Bonchev–Trinajstić information content (AvgIpc) is 3.17. The van der Waals surface area contributed by atoms with Gasteiger partial charge in [0.15, 0.2) is 0 Å². The molecule has 0 spiro atoms. The molecule has 0 atom stereocenters. The van der Waals surface area contributed by atoms with Crippen LogP contribution in [0.25, 0.3) is 11.3 Å². The summed E-state index contributed by atoms with van der Waals surface area (Å²) in [6.45, 7) is 6.73. The molecule has 0 bridgehead atoms. The van der Waals surface area contributed by atoms with Gasteiger partial charge in [-0.2, -0.15) is 0 Å². The van der Waals surface area contributed by atoms with Crippen LogP contribution in [0, 0.1) is 5.92 Å². The van der Waals surface area contributed by atoms with Gasteiger partial charge in [-0.3, -0.25) is 4.72 Å². The quantitative estimate of drug-likeness (QED) is 0.579. The van der Waals surface area contributed by atoms with Gasteiger partial charge in [0.05, 0.1) is 12.3 Å². The van der Waals surface area contributed by atoms with Crippen LogP contribution < -0.4 is 9.46 Å². The molecule has 0 amide bonds. The van der Waals surface area contributed by atoms with Crippen LogP contribution in [-0.4, -0.2) is 25.2 Å². The first-order valence-corrected chi connectivity index (χ1v) is 11.4. The fourth-order valence-electron chi connectivity index (χ4n) is 2.41. The van der Waals surface area contributed by atoms with Crippen LogP contribution in [-0.2, 0) is 16.4 Å². The second-order valence-electron chi connectivity index (χ2n) is 6.72. The first kappa shape index (κ1) is 20.3. The van der Waals surface area contributed by atoms with E-state index in [0.29, 0.717) is 34.0 Å². The van der Waals surface area contributed by atoms with Crippen molar-refractivity contribution >= 4 is 27.0 Å². The Hall–Kier alpha value is -2.45. The van der Waals surface area contributed by atoms with E-state index in [4.69, 9.17) is 4.74 Å². The van der Waals surface area contributed by atoms with Gasteiger partial charge in [0.2, 0.25) is 5.88 Å². The highest BCUT2D eigenvalue weighted by molar-refractivity contribution is 7.94. The number of benzene rings is 1. The number of hydrogen-bond acceptors (Lipinski definition) is 6. The summed E-state index contributed by atoms with van der Waals surface area (Å²) in [5.74, 6) is 0.907. The van der Waals surface area contributed by atoms with Crippen LogP contribution in [0.4, 0.5) is 5.69 Å². The summed E-state index contributed by atoms with van der Waals surface area (Å²) in [5.41, 5.74) is 2.03. The number of nitrogens with zero attached hydrogens (tertiary/aromatic N) is 2. The molecular formula is C20H23N3O3S2. The SMILES string of the molecule is CCc1ccc(S(=O)(=O)Nc2ccc(-c3ccc(OCC(C)C)nn3)cc2)s1. The van der Waals surface area contributed by atoms with Gasteiger partial charge >= 0.3 is 0 Å². The minimum absolute atomic E-state index is 0.316. The standard InChI is InChI=1S/C20H23N3O3S2/c1-4-17-9-12-20(27-17)28(24,25)23-16-7-5-15(6-8-16)18-10-11-19(22-21-18)26-13-14(2)3/h5-12,14,23H,4,13H2,1-3H3. The van der Waals surface area contributed by atoms with Gasteiger partial charge in [-0.05, 0) is 42.7 Å². The number of aryl methyl sites for hydroxylation is 1. The van der Waals surface area contributed by atoms with Crippen molar-refractivity contribution in [2.45, 2.75) is 31.4 Å². The van der Waals surface area contributed by atoms with Crippen molar-refractivity contribution < 1.29 is 13.2 Å². The number of aromatic nitrogens is 2. The van der Waals surface area contributed by atoms with Gasteiger partial charge in [0.25, 0.3) is 10.0 Å². The van der Waals surface area contributed by atoms with Gasteiger partial charge in [0, 0.05) is 22.2 Å². The normalized spacial score (nSPS) is 11.6. The van der Waals surface area contributed by atoms with Crippen LogP contribution in [0.5, 0.6) is 5.88 Å². The molecule has 0 saturated heterocycles. The molecular weight excluding hydrogens is 394 g/mol. The van der Waals surface area contributed by atoms with E-state index >= 15 is 0 Å². The summed E-state index contributed by atoms with van der Waals surface area (Å²) in [4.78, 5) is 1.04. The van der Waals surface area contributed by atoms with E-state index in [1.807, 2.05) is 31.2 Å². The number of sulfonamides is 1. The monoisotopic (exact) mass is 417 g/mol. The van der Waals surface area contributed by atoms with E-state index in [0.717, 1.165) is 16.9 Å². The molecule has 28 heavy (non-hydrogen) atoms. The lowest BCUT2D eigenvalue weighted by atomic mass is 10.1. The second-order valence-corrected chi connectivity index (χ2v) is 9.80. The molecule has 3 rings (SSSR count). The van der Waals surface area contributed by atoms with E-state index in [-0.39, 0.29) is 0 Å². The molecule has 2 heterocycles. The fourth-order valence-corrected chi connectivity index (χ4v) is 4.76. The lowest BCUT2D eigenvalue weighted by molar-refractivity contribution is 0.258. The molecule has 6 nitrogen and oxygen atoms in total. The Morgan fingerprint density at radius 2 is 1.79 bits per heavy atom. The predicted octanol–water partition coefficient (Wildman–Crippen LogP) is 4.60. The van der Waals surface area contributed by atoms with Crippen LogP contribution >= 0.6 is 11.3 Å². The third kappa shape index (κ3) is 5.08. The zero-order chi connectivity index (χ0) is 20.1. The summed E-state index contributed by atoms with van der Waals surface area (Å²) in [6, 6.07) is 14.1. The Bertz CT molecular complexity index is 1010. The summed E-state index contributed by atoms with van der Waals surface area (Å²) < 4.78 is 33.5. The highest BCUT2D eigenvalue weighted by Crippen LogP contribution is 2.26. The third-order valence-corrected chi connectivity index (χ3v) is 6.99. The van der Waals surface area contributed by atoms with E-state index in [1.165, 1.54) is 11.3 Å². The van der Waals surface area contributed by atoms with E-state index < -0.39 is 10.0 Å². The van der Waals surface area contributed by atoms with Crippen molar-refractivity contribution in [3.8, 4) is 17.1 Å². The van der Waals surface area contributed by atoms with Crippen molar-refractivity contribution in [2.75, 3.05) is 11.3 Å². The summed E-state index contributed by atoms with van der Waals surface area (Å²) in [5, 5.41) is 8.26. The maximum atomic E-state index is 12.5. The van der Waals surface area contributed by atoms with Gasteiger partial charge in [0.1, 0.15) is 4.21 Å². The molecule has 0 fully saturated rings. The summed E-state index contributed by atoms with van der Waals surface area (Å²) >= 11 is 1.29. The average molecular weight is 418 g/mol. The van der Waals surface area contributed by atoms with Crippen LogP contribution in [0.3, 0.4) is 0 Å². The van der Waals surface area contributed by atoms with Gasteiger partial charge < -0.3 is 4.74 Å². The van der Waals surface area contributed by atoms with E-state index in [1.54, 1.807) is 24.3 Å². The van der Waals surface area contributed by atoms with Gasteiger partial charge in [-0.15, -0.1) is 21.5 Å². The van der Waals surface area contributed by atoms with Crippen molar-refractivity contribution in [3.63, 3.8) is 0 Å². The van der Waals surface area contributed by atoms with Crippen molar-refractivity contribution in [1.82, 2.24) is 10.2 Å². The molecule has 0 aliphatic heterocycles. The fraction of sp³-hybridized carbons (Fsp3) is 0.300. The molecule has 0 radical (unpaired) electrons. The molecule has 0 unspecified atom stereocenters. The van der Waals surface area contributed by atoms with Crippen LogP contribution in [0.1, 0.15) is 25.6 Å². The van der Waals surface area contributed by atoms with E-state index in [9.17, 15) is 8.42 Å². The van der Waals surface area contributed by atoms with E-state index in [2.05, 4.69) is 28.8 Å². The Balaban J connectivity index is 1.69. The molecule has 1 aromatic carbocycles. The molecule has 0 aliphatic carbocycles. The first-order chi connectivity index (χ1) is 13.4. The molecule has 1 N–H and O–H groups in total. The predicted molar refractivity (Wildman–Crippen MR) is 112 cm³/mol. The maximum Gasteiger partial charge on any atom is 0.271 e. The minimum Gasteiger partial charge on any atom is -0.476 e. The van der Waals surface area contributed by atoms with Gasteiger partial charge in [-0.1, -0.05) is 32.9 Å². The first-order valence-electron chi connectivity index (χ1n) is 9.06. The Labute approximate surface area is 169 Å². The van der Waals surface area contributed by atoms with Crippen molar-refractivity contribution in [2.24, 2.45) is 5.92 Å². The van der Waals surface area contributed by atoms with Gasteiger partial charge in [-0.25, -0.2) is 8.42 Å². The molecule has 2 aromatic heterocycles. The summed E-state index contributed by atoms with van der Waals surface area (Å²) in [7, 11) is -3.58. The van der Waals surface area contributed by atoms with Crippen LogP contribution in [0.2, 0.25) is 0 Å². The highest BCUT2D eigenvalue weighted by atomic mass is 32.2. The molecule has 0 aliphatic rings. The Morgan fingerprint density at radius 3 is 2.36 bits per heavy atom. The molecule has 0 saturated carbocycles. The molecule has 3 aromatic rings. The Kier molecular flexibility index (Phi) is 6.31. The zero-order valence-electron chi connectivity index (χ0n) is 16.0. The largest absolute Gasteiger partial charge is 0.476 e. The number of thiophene rings is 1. The van der Waals surface area contributed by atoms with Crippen molar-refractivity contribution in [3.05, 3.63) is 53.4 Å². The lowest BCUT2D eigenvalue weighted by Gasteiger charge is -2.08. The lowest BCUT2D eigenvalue weighted by Crippen LogP contribution is -2.11. The number of anilines is 1. The maximum absolute atomic E-state index is 12.5. The smallest absolute Gasteiger partial charge is 0.271 e. The Morgan fingerprint density at radius 1 is 1.04 bits per heavy atom. The number of ether oxygens (including phenoxy) is 1. The number of nitrogens with one attached hydrogen (secondary N) is 1. The third-order valence-electron chi connectivity index (χ3n) is 3.89. The van der Waals surface area contributed by atoms with Crippen LogP contribution in [0.15, 0.2) is 52.7 Å². The zero-order valence-corrected chi connectivity index (χ0v) is 17.7. The number of hydrogen-bond donors (Lipinski definition) is 1. The molecule has 8 heteroatoms. The minimum atomic E-state index is -3.58. The number of rotatable bonds is 8. The topological polar surface area (TPSA) is 81.2 Å². The second kappa shape index (κ2) is 8.70. The highest BCUT2D eigenvalue weighted by Gasteiger charge is 2.16. The van der Waals surface area contributed by atoms with Crippen molar-refractivity contribution in [1.29, 1.82) is 0 Å². The molecule has 148 valence electrons.